The Morgan fingerprint density at radius 2 is 1.95 bits per heavy atom. The van der Waals surface area contributed by atoms with Crippen LogP contribution in [0.25, 0.3) is 0 Å². The van der Waals surface area contributed by atoms with Crippen molar-refractivity contribution < 1.29 is 13.2 Å². The first kappa shape index (κ1) is 17.2. The molecule has 2 rings (SSSR count). The predicted octanol–water partition coefficient (Wildman–Crippen LogP) is 1.87. The Labute approximate surface area is 136 Å². The van der Waals surface area contributed by atoms with E-state index in [0.717, 1.165) is 4.88 Å². The molecule has 1 aromatic rings. The van der Waals surface area contributed by atoms with Crippen LogP contribution in [0, 0.1) is 6.92 Å². The van der Waals surface area contributed by atoms with E-state index in [0.29, 0.717) is 36.8 Å². The molecule has 8 heteroatoms. The van der Waals surface area contributed by atoms with E-state index in [2.05, 4.69) is 5.32 Å². The topological polar surface area (TPSA) is 69.7 Å². The summed E-state index contributed by atoms with van der Waals surface area (Å²) in [5.74, 6) is 0. The minimum atomic E-state index is -3.44. The standard InChI is InChI=1S/C14H23N3O3S2/c1-11(2)15-14(18)16-7-4-8-17(10-9-16)22(19,20)13-6-5-12(3)21-13/h5-6,11H,4,7-10H2,1-3H3,(H,15,18). The molecule has 0 saturated carbocycles. The van der Waals surface area contributed by atoms with Crippen molar-refractivity contribution in [2.24, 2.45) is 0 Å². The van der Waals surface area contributed by atoms with Gasteiger partial charge in [0.2, 0.25) is 0 Å². The van der Waals surface area contributed by atoms with Gasteiger partial charge in [0, 0.05) is 37.1 Å². The molecule has 0 aromatic carbocycles. The van der Waals surface area contributed by atoms with Crippen LogP contribution in [0.1, 0.15) is 25.1 Å². The van der Waals surface area contributed by atoms with E-state index in [9.17, 15) is 13.2 Å². The summed E-state index contributed by atoms with van der Waals surface area (Å²) in [6.45, 7) is 7.49. The maximum atomic E-state index is 12.6. The number of hydrogen-bond acceptors (Lipinski definition) is 4. The number of carbonyl (C=O) groups excluding carboxylic acids is 1. The largest absolute Gasteiger partial charge is 0.336 e. The number of carbonyl (C=O) groups is 1. The molecule has 0 unspecified atom stereocenters. The summed E-state index contributed by atoms with van der Waals surface area (Å²) in [4.78, 5) is 14.7. The molecule has 0 atom stereocenters. The molecule has 1 N–H and O–H groups in total. The summed E-state index contributed by atoms with van der Waals surface area (Å²) in [6.07, 6.45) is 0.648. The lowest BCUT2D eigenvalue weighted by molar-refractivity contribution is 0.198. The Hall–Kier alpha value is -1.12. The van der Waals surface area contributed by atoms with Crippen molar-refractivity contribution in [2.75, 3.05) is 26.2 Å². The van der Waals surface area contributed by atoms with Gasteiger partial charge in [0.05, 0.1) is 0 Å². The van der Waals surface area contributed by atoms with Crippen LogP contribution in [0.2, 0.25) is 0 Å². The molecular formula is C14H23N3O3S2. The molecule has 22 heavy (non-hydrogen) atoms. The quantitative estimate of drug-likeness (QED) is 0.909. The molecule has 0 spiro atoms. The zero-order valence-electron chi connectivity index (χ0n) is 13.2. The number of nitrogens with one attached hydrogen (secondary N) is 1. The summed E-state index contributed by atoms with van der Waals surface area (Å²) in [5, 5.41) is 2.85. The highest BCUT2D eigenvalue weighted by Crippen LogP contribution is 2.25. The molecule has 0 aliphatic carbocycles. The highest BCUT2D eigenvalue weighted by atomic mass is 32.2. The van der Waals surface area contributed by atoms with Gasteiger partial charge in [-0.2, -0.15) is 4.31 Å². The van der Waals surface area contributed by atoms with Crippen LogP contribution >= 0.6 is 11.3 Å². The van der Waals surface area contributed by atoms with Crippen molar-refractivity contribution in [3.05, 3.63) is 17.0 Å². The molecule has 0 bridgehead atoms. The maximum Gasteiger partial charge on any atom is 0.317 e. The molecule has 0 radical (unpaired) electrons. The van der Waals surface area contributed by atoms with E-state index in [-0.39, 0.29) is 12.1 Å². The molecule has 1 fully saturated rings. The summed E-state index contributed by atoms with van der Waals surface area (Å²) in [5.41, 5.74) is 0. The van der Waals surface area contributed by atoms with Gasteiger partial charge in [-0.05, 0) is 39.3 Å². The second kappa shape index (κ2) is 6.97. The number of hydrogen-bond donors (Lipinski definition) is 1. The molecule has 2 heterocycles. The number of sulfonamides is 1. The smallest absolute Gasteiger partial charge is 0.317 e. The van der Waals surface area contributed by atoms with Crippen LogP contribution in [0.4, 0.5) is 4.79 Å². The summed E-state index contributed by atoms with van der Waals surface area (Å²) < 4.78 is 27.1. The first-order chi connectivity index (χ1) is 10.3. The van der Waals surface area contributed by atoms with E-state index in [1.54, 1.807) is 11.0 Å². The predicted molar refractivity (Wildman–Crippen MR) is 87.7 cm³/mol. The van der Waals surface area contributed by atoms with Gasteiger partial charge in [-0.3, -0.25) is 0 Å². The fourth-order valence-electron chi connectivity index (χ4n) is 2.35. The van der Waals surface area contributed by atoms with Crippen LogP contribution in [-0.2, 0) is 10.0 Å². The Bertz CT molecular complexity index is 625. The normalized spacial score (nSPS) is 17.5. The molecule has 1 aliphatic rings. The van der Waals surface area contributed by atoms with Crippen LogP contribution in [0.15, 0.2) is 16.3 Å². The third-order valence-electron chi connectivity index (χ3n) is 3.46. The first-order valence-corrected chi connectivity index (χ1v) is 9.68. The minimum Gasteiger partial charge on any atom is -0.336 e. The summed E-state index contributed by atoms with van der Waals surface area (Å²) in [6, 6.07) is 3.42. The number of urea groups is 1. The second-order valence-corrected chi connectivity index (χ2v) is 9.17. The Morgan fingerprint density at radius 3 is 2.55 bits per heavy atom. The maximum absolute atomic E-state index is 12.6. The van der Waals surface area contributed by atoms with E-state index in [4.69, 9.17) is 0 Å². The molecule has 1 aromatic heterocycles. The Balaban J connectivity index is 2.05. The Kier molecular flexibility index (Phi) is 5.46. The average Bonchev–Trinajstić information content (AvgIpc) is 2.73. The highest BCUT2D eigenvalue weighted by Gasteiger charge is 2.29. The van der Waals surface area contributed by atoms with Crippen molar-refractivity contribution in [1.29, 1.82) is 0 Å². The molecule has 2 amide bonds. The van der Waals surface area contributed by atoms with Crippen LogP contribution in [-0.4, -0.2) is 55.9 Å². The number of aryl methyl sites for hydroxylation is 1. The fraction of sp³-hybridized carbons (Fsp3) is 0.643. The zero-order chi connectivity index (χ0) is 16.3. The third-order valence-corrected chi connectivity index (χ3v) is 6.83. The van der Waals surface area contributed by atoms with Crippen molar-refractivity contribution in [2.45, 2.75) is 37.4 Å². The second-order valence-electron chi connectivity index (χ2n) is 5.71. The van der Waals surface area contributed by atoms with Crippen LogP contribution < -0.4 is 5.32 Å². The van der Waals surface area contributed by atoms with Crippen molar-refractivity contribution in [1.82, 2.24) is 14.5 Å². The van der Waals surface area contributed by atoms with Crippen molar-refractivity contribution >= 4 is 27.4 Å². The van der Waals surface area contributed by atoms with E-state index < -0.39 is 10.0 Å². The fourth-order valence-corrected chi connectivity index (χ4v) is 5.26. The van der Waals surface area contributed by atoms with E-state index >= 15 is 0 Å². The SMILES string of the molecule is Cc1ccc(S(=O)(=O)N2CCCN(C(=O)NC(C)C)CC2)s1. The van der Waals surface area contributed by atoms with Gasteiger partial charge in [0.25, 0.3) is 10.0 Å². The highest BCUT2D eigenvalue weighted by molar-refractivity contribution is 7.91. The zero-order valence-corrected chi connectivity index (χ0v) is 14.8. The van der Waals surface area contributed by atoms with Crippen LogP contribution in [0.5, 0.6) is 0 Å². The number of rotatable bonds is 3. The lowest BCUT2D eigenvalue weighted by atomic mass is 10.4. The van der Waals surface area contributed by atoms with Gasteiger partial charge in [0.1, 0.15) is 4.21 Å². The monoisotopic (exact) mass is 345 g/mol. The van der Waals surface area contributed by atoms with Gasteiger partial charge in [-0.25, -0.2) is 13.2 Å². The third kappa shape index (κ3) is 3.99. The number of amides is 2. The van der Waals surface area contributed by atoms with Crippen molar-refractivity contribution in [3.63, 3.8) is 0 Å². The lowest BCUT2D eigenvalue weighted by Crippen LogP contribution is -2.44. The lowest BCUT2D eigenvalue weighted by Gasteiger charge is -2.23. The van der Waals surface area contributed by atoms with Crippen LogP contribution in [0.3, 0.4) is 0 Å². The summed E-state index contributed by atoms with van der Waals surface area (Å²) >= 11 is 1.29. The van der Waals surface area contributed by atoms with E-state index in [1.807, 2.05) is 26.8 Å². The number of thiophene rings is 1. The van der Waals surface area contributed by atoms with Gasteiger partial charge in [-0.15, -0.1) is 11.3 Å². The molecule has 6 nitrogen and oxygen atoms in total. The first-order valence-electron chi connectivity index (χ1n) is 7.42. The molecule has 124 valence electrons. The molecular weight excluding hydrogens is 322 g/mol. The van der Waals surface area contributed by atoms with Gasteiger partial charge in [-0.1, -0.05) is 0 Å². The minimum absolute atomic E-state index is 0.0738. The molecule has 1 aliphatic heterocycles. The van der Waals surface area contributed by atoms with Gasteiger partial charge >= 0.3 is 6.03 Å². The van der Waals surface area contributed by atoms with Crippen molar-refractivity contribution in [3.8, 4) is 0 Å². The summed E-state index contributed by atoms with van der Waals surface area (Å²) in [7, 11) is -3.44. The Morgan fingerprint density at radius 1 is 1.23 bits per heavy atom. The average molecular weight is 345 g/mol. The van der Waals surface area contributed by atoms with Gasteiger partial charge < -0.3 is 10.2 Å². The van der Waals surface area contributed by atoms with E-state index in [1.165, 1.54) is 15.6 Å². The number of nitrogens with zero attached hydrogens (tertiary/aromatic N) is 2. The van der Waals surface area contributed by atoms with Gasteiger partial charge in [0.15, 0.2) is 0 Å². The molecule has 1 saturated heterocycles.